The Morgan fingerprint density at radius 3 is 2.75 bits per heavy atom. The predicted octanol–water partition coefficient (Wildman–Crippen LogP) is 2.16. The van der Waals surface area contributed by atoms with Gasteiger partial charge in [-0.3, -0.25) is 0 Å². The van der Waals surface area contributed by atoms with E-state index in [1.54, 1.807) is 11.8 Å². The first-order valence-corrected chi connectivity index (χ1v) is 6.34. The van der Waals surface area contributed by atoms with Crippen LogP contribution in [0.1, 0.15) is 13.3 Å². The van der Waals surface area contributed by atoms with Crippen molar-refractivity contribution in [3.63, 3.8) is 0 Å². The Morgan fingerprint density at radius 1 is 1.40 bits per heavy atom. The molecule has 0 atom stereocenters. The van der Waals surface area contributed by atoms with Crippen LogP contribution in [0.5, 0.6) is 0 Å². The Balaban J connectivity index is 3.03. The molecule has 1 N–H and O–H groups in total. The van der Waals surface area contributed by atoms with Gasteiger partial charge >= 0.3 is 0 Å². The molecule has 0 saturated heterocycles. The molecule has 1 rings (SSSR count). The second-order valence-electron chi connectivity index (χ2n) is 4.04. The van der Waals surface area contributed by atoms with Crippen LogP contribution >= 0.6 is 0 Å². The number of hydrogen-bond donors (Lipinski definition) is 1. The molecule has 0 aliphatic carbocycles. The van der Waals surface area contributed by atoms with E-state index in [-0.39, 0.29) is 18.1 Å². The minimum absolute atomic E-state index is 0.00303. The number of aromatic nitrogens is 1. The third kappa shape index (κ3) is 4.31. The number of hydrogen-bond acceptors (Lipinski definition) is 5. The fourth-order valence-electron chi connectivity index (χ4n) is 1.68. The van der Waals surface area contributed by atoms with Gasteiger partial charge in [-0.1, -0.05) is 0 Å². The van der Waals surface area contributed by atoms with Gasteiger partial charge in [0.15, 0.2) is 23.3 Å². The fourth-order valence-corrected chi connectivity index (χ4v) is 1.68. The highest BCUT2D eigenvalue weighted by Gasteiger charge is 2.17. The first kappa shape index (κ1) is 16.1. The molecular formula is C13H18F2N4O. The average Bonchev–Trinajstić information content (AvgIpc) is 2.43. The number of ether oxygens (including phenoxy) is 1. The Kier molecular flexibility index (Phi) is 6.67. The summed E-state index contributed by atoms with van der Waals surface area (Å²) >= 11 is 0. The molecule has 110 valence electrons. The zero-order valence-corrected chi connectivity index (χ0v) is 11.6. The normalized spacial score (nSPS) is 10.2. The predicted molar refractivity (Wildman–Crippen MR) is 72.6 cm³/mol. The standard InChI is InChI=1S/C13H18F2N4O/c1-3-17-12-10(14)9-11(15)13(18-12)19(6-4-5-16)7-8-20-2/h9H,3-4,6-8H2,1-2H3,(H,17,18). The molecule has 1 aromatic rings. The van der Waals surface area contributed by atoms with Gasteiger partial charge in [-0.05, 0) is 6.92 Å². The maximum absolute atomic E-state index is 13.9. The minimum Gasteiger partial charge on any atom is -0.383 e. The number of pyridine rings is 1. The Bertz CT molecular complexity index is 476. The summed E-state index contributed by atoms with van der Waals surface area (Å²) in [5.41, 5.74) is 0. The third-order valence-corrected chi connectivity index (χ3v) is 2.61. The number of rotatable bonds is 8. The lowest BCUT2D eigenvalue weighted by Gasteiger charge is -2.23. The van der Waals surface area contributed by atoms with Gasteiger partial charge in [0.25, 0.3) is 0 Å². The Morgan fingerprint density at radius 2 is 2.15 bits per heavy atom. The van der Waals surface area contributed by atoms with Crippen molar-refractivity contribution < 1.29 is 13.5 Å². The van der Waals surface area contributed by atoms with Gasteiger partial charge in [-0.2, -0.15) is 5.26 Å². The molecule has 0 spiro atoms. The molecule has 0 unspecified atom stereocenters. The van der Waals surface area contributed by atoms with Crippen LogP contribution < -0.4 is 10.2 Å². The summed E-state index contributed by atoms with van der Waals surface area (Å²) in [5.74, 6) is -1.46. The van der Waals surface area contributed by atoms with E-state index in [4.69, 9.17) is 10.00 Å². The Labute approximate surface area is 117 Å². The first-order chi connectivity index (χ1) is 9.63. The van der Waals surface area contributed by atoms with Crippen molar-refractivity contribution in [1.82, 2.24) is 4.98 Å². The SMILES string of the molecule is CCNc1nc(N(CCC#N)CCOC)c(F)cc1F. The van der Waals surface area contributed by atoms with Crippen LogP contribution in [0.2, 0.25) is 0 Å². The second-order valence-corrected chi connectivity index (χ2v) is 4.04. The van der Waals surface area contributed by atoms with E-state index in [0.717, 1.165) is 6.07 Å². The molecule has 1 heterocycles. The summed E-state index contributed by atoms with van der Waals surface area (Å²) < 4.78 is 32.4. The summed E-state index contributed by atoms with van der Waals surface area (Å²) in [6, 6.07) is 2.79. The summed E-state index contributed by atoms with van der Waals surface area (Å²) in [6.07, 6.45) is 0.221. The highest BCUT2D eigenvalue weighted by molar-refractivity contribution is 5.49. The number of halogens is 2. The summed E-state index contributed by atoms with van der Waals surface area (Å²) in [4.78, 5) is 5.54. The number of anilines is 2. The van der Waals surface area contributed by atoms with Crippen molar-refractivity contribution in [3.05, 3.63) is 17.7 Å². The minimum atomic E-state index is -0.752. The monoisotopic (exact) mass is 284 g/mol. The molecule has 0 bridgehead atoms. The lowest BCUT2D eigenvalue weighted by atomic mass is 10.3. The molecule has 0 amide bonds. The van der Waals surface area contributed by atoms with Crippen molar-refractivity contribution in [1.29, 1.82) is 5.26 Å². The van der Waals surface area contributed by atoms with Crippen LogP contribution in [0.4, 0.5) is 20.4 Å². The topological polar surface area (TPSA) is 61.2 Å². The maximum atomic E-state index is 13.9. The molecule has 0 fully saturated rings. The van der Waals surface area contributed by atoms with Crippen LogP contribution in [-0.4, -0.2) is 38.3 Å². The zero-order chi connectivity index (χ0) is 15.0. The van der Waals surface area contributed by atoms with Gasteiger partial charge in [0.1, 0.15) is 0 Å². The molecule has 0 aromatic carbocycles. The van der Waals surface area contributed by atoms with Gasteiger partial charge < -0.3 is 15.0 Å². The second kappa shape index (κ2) is 8.27. The van der Waals surface area contributed by atoms with Crippen LogP contribution in [0.25, 0.3) is 0 Å². The summed E-state index contributed by atoms with van der Waals surface area (Å²) in [6.45, 7) is 3.31. The molecule has 0 saturated carbocycles. The van der Waals surface area contributed by atoms with E-state index in [1.165, 1.54) is 7.11 Å². The van der Waals surface area contributed by atoms with Gasteiger partial charge in [-0.25, -0.2) is 13.8 Å². The maximum Gasteiger partial charge on any atom is 0.168 e. The molecular weight excluding hydrogens is 266 g/mol. The number of nitriles is 1. The van der Waals surface area contributed by atoms with Crippen molar-refractivity contribution in [2.24, 2.45) is 0 Å². The van der Waals surface area contributed by atoms with Crippen LogP contribution in [0, 0.1) is 23.0 Å². The number of nitrogens with zero attached hydrogens (tertiary/aromatic N) is 3. The first-order valence-electron chi connectivity index (χ1n) is 6.34. The van der Waals surface area contributed by atoms with E-state index in [0.29, 0.717) is 26.2 Å². The summed E-state index contributed by atoms with van der Waals surface area (Å²) in [7, 11) is 1.53. The highest BCUT2D eigenvalue weighted by Crippen LogP contribution is 2.22. The molecule has 20 heavy (non-hydrogen) atoms. The molecule has 1 aromatic heterocycles. The van der Waals surface area contributed by atoms with Crippen molar-refractivity contribution in [2.45, 2.75) is 13.3 Å². The van der Waals surface area contributed by atoms with E-state index >= 15 is 0 Å². The van der Waals surface area contributed by atoms with E-state index in [1.807, 2.05) is 6.07 Å². The number of methoxy groups -OCH3 is 1. The highest BCUT2D eigenvalue weighted by atomic mass is 19.1. The van der Waals surface area contributed by atoms with E-state index in [2.05, 4.69) is 10.3 Å². The van der Waals surface area contributed by atoms with Gasteiger partial charge in [0.05, 0.1) is 19.1 Å². The smallest absolute Gasteiger partial charge is 0.168 e. The quantitative estimate of drug-likeness (QED) is 0.792. The lowest BCUT2D eigenvalue weighted by molar-refractivity contribution is 0.205. The van der Waals surface area contributed by atoms with Gasteiger partial charge in [0.2, 0.25) is 0 Å². The van der Waals surface area contributed by atoms with Crippen LogP contribution in [-0.2, 0) is 4.74 Å². The molecule has 5 nitrogen and oxygen atoms in total. The average molecular weight is 284 g/mol. The van der Waals surface area contributed by atoms with E-state index in [9.17, 15) is 8.78 Å². The Hall–Kier alpha value is -1.94. The van der Waals surface area contributed by atoms with Crippen LogP contribution in [0.3, 0.4) is 0 Å². The zero-order valence-electron chi connectivity index (χ0n) is 11.6. The van der Waals surface area contributed by atoms with Crippen molar-refractivity contribution >= 4 is 11.6 Å². The van der Waals surface area contributed by atoms with Gasteiger partial charge in [0, 0.05) is 32.8 Å². The molecule has 0 aliphatic rings. The van der Waals surface area contributed by atoms with Crippen molar-refractivity contribution in [3.8, 4) is 6.07 Å². The van der Waals surface area contributed by atoms with Crippen molar-refractivity contribution in [2.75, 3.05) is 43.6 Å². The summed E-state index contributed by atoms with van der Waals surface area (Å²) in [5, 5.41) is 11.4. The molecule has 0 aliphatic heterocycles. The molecule has 0 radical (unpaired) electrons. The third-order valence-electron chi connectivity index (χ3n) is 2.61. The molecule has 7 heteroatoms. The van der Waals surface area contributed by atoms with Gasteiger partial charge in [-0.15, -0.1) is 0 Å². The van der Waals surface area contributed by atoms with Crippen LogP contribution in [0.15, 0.2) is 6.07 Å². The fraction of sp³-hybridized carbons (Fsp3) is 0.538. The number of nitrogens with one attached hydrogen (secondary N) is 1. The lowest BCUT2D eigenvalue weighted by Crippen LogP contribution is -2.30. The largest absolute Gasteiger partial charge is 0.383 e. The van der Waals surface area contributed by atoms with E-state index < -0.39 is 11.6 Å².